The Hall–Kier alpha value is -3.06. The van der Waals surface area contributed by atoms with Gasteiger partial charge in [0.05, 0.1) is 25.4 Å². The minimum atomic E-state index is -1.27. The summed E-state index contributed by atoms with van der Waals surface area (Å²) >= 11 is 0. The summed E-state index contributed by atoms with van der Waals surface area (Å²) in [5.74, 6) is 0.727. The number of imidazole rings is 1. The Balaban J connectivity index is 1.64. The molecule has 0 spiro atoms. The second-order valence-corrected chi connectivity index (χ2v) is 5.87. The van der Waals surface area contributed by atoms with Crippen LogP contribution in [0.4, 0.5) is 11.8 Å². The Kier molecular flexibility index (Phi) is 4.45. The lowest BCUT2D eigenvalue weighted by Crippen LogP contribution is -2.33. The van der Waals surface area contributed by atoms with Gasteiger partial charge in [0.2, 0.25) is 5.95 Å². The van der Waals surface area contributed by atoms with E-state index in [0.717, 1.165) is 0 Å². The second-order valence-electron chi connectivity index (χ2n) is 5.87. The Morgan fingerprint density at radius 2 is 2.19 bits per heavy atom. The molecule has 0 amide bonds. The summed E-state index contributed by atoms with van der Waals surface area (Å²) in [4.78, 5) is 12.5. The van der Waals surface area contributed by atoms with Gasteiger partial charge < -0.3 is 30.2 Å². The maximum Gasteiger partial charge on any atom is 0.247 e. The zero-order chi connectivity index (χ0) is 19.0. The molecule has 142 valence electrons. The highest BCUT2D eigenvalue weighted by atomic mass is 16.6. The fourth-order valence-electron chi connectivity index (χ4n) is 2.80. The molecule has 0 saturated carbocycles. The van der Waals surface area contributed by atoms with E-state index in [2.05, 4.69) is 25.5 Å². The summed E-state index contributed by atoms with van der Waals surface area (Å²) in [5.41, 5.74) is 9.13. The lowest BCUT2D eigenvalue weighted by molar-refractivity contribution is -0.0511. The number of aliphatic hydroxyl groups excluding tert-OH is 3. The maximum atomic E-state index is 10.2. The van der Waals surface area contributed by atoms with Crippen LogP contribution < -0.4 is 11.2 Å². The summed E-state index contributed by atoms with van der Waals surface area (Å²) < 4.78 is 12.0. The maximum absolute atomic E-state index is 10.2. The highest BCUT2D eigenvalue weighted by Crippen LogP contribution is 2.32. The molecule has 0 aliphatic carbocycles. The zero-order valence-electron chi connectivity index (χ0n) is 13.9. The van der Waals surface area contributed by atoms with E-state index in [4.69, 9.17) is 14.9 Å². The SMILES string of the molecule is Nc1nc(N/N=C/c2ccco2)nc2c1ncn2[C@@H]1O[C@H](CO)[C@@H](O)[C@H]1O. The molecule has 1 saturated heterocycles. The number of nitrogens with two attached hydrogens (primary N) is 1. The van der Waals surface area contributed by atoms with Gasteiger partial charge in [0, 0.05) is 0 Å². The third-order valence-corrected chi connectivity index (χ3v) is 4.14. The van der Waals surface area contributed by atoms with Gasteiger partial charge >= 0.3 is 0 Å². The van der Waals surface area contributed by atoms with Crippen molar-refractivity contribution in [3.8, 4) is 0 Å². The minimum absolute atomic E-state index is 0.0938. The molecule has 4 rings (SSSR count). The summed E-state index contributed by atoms with van der Waals surface area (Å²) in [6.45, 7) is -0.438. The molecular formula is C15H17N7O5. The first kappa shape index (κ1) is 17.4. The van der Waals surface area contributed by atoms with E-state index in [1.807, 2.05) is 0 Å². The van der Waals surface area contributed by atoms with E-state index < -0.39 is 31.1 Å². The van der Waals surface area contributed by atoms with E-state index in [1.54, 1.807) is 12.1 Å². The van der Waals surface area contributed by atoms with Gasteiger partial charge in [-0.2, -0.15) is 15.1 Å². The van der Waals surface area contributed by atoms with Gasteiger partial charge in [0.25, 0.3) is 0 Å². The van der Waals surface area contributed by atoms with Gasteiger partial charge in [-0.25, -0.2) is 10.4 Å². The van der Waals surface area contributed by atoms with Gasteiger partial charge in [0.15, 0.2) is 17.7 Å². The molecule has 0 aromatic carbocycles. The number of anilines is 2. The first-order valence-corrected chi connectivity index (χ1v) is 8.03. The minimum Gasteiger partial charge on any atom is -0.463 e. The molecule has 3 aromatic rings. The number of aromatic nitrogens is 4. The molecule has 1 aliphatic heterocycles. The summed E-state index contributed by atoms with van der Waals surface area (Å²) in [5, 5.41) is 33.4. The highest BCUT2D eigenvalue weighted by molar-refractivity contribution is 5.83. The second kappa shape index (κ2) is 6.92. The normalized spacial score (nSPS) is 25.6. The lowest BCUT2D eigenvalue weighted by atomic mass is 10.1. The van der Waals surface area contributed by atoms with Crippen molar-refractivity contribution in [2.75, 3.05) is 17.8 Å². The molecule has 1 fully saturated rings. The molecule has 0 radical (unpaired) electrons. The third-order valence-electron chi connectivity index (χ3n) is 4.14. The Labute approximate surface area is 151 Å². The van der Waals surface area contributed by atoms with Crippen LogP contribution >= 0.6 is 0 Å². The van der Waals surface area contributed by atoms with E-state index in [9.17, 15) is 15.3 Å². The number of rotatable bonds is 5. The largest absolute Gasteiger partial charge is 0.463 e. The molecule has 1 aliphatic rings. The first-order chi connectivity index (χ1) is 13.1. The highest BCUT2D eigenvalue weighted by Gasteiger charge is 2.44. The summed E-state index contributed by atoms with van der Waals surface area (Å²) in [6.07, 6.45) is -0.107. The topological polar surface area (TPSA) is 177 Å². The number of hydrogen-bond acceptors (Lipinski definition) is 11. The van der Waals surface area contributed by atoms with Crippen LogP contribution in [0.2, 0.25) is 0 Å². The number of hydrazone groups is 1. The lowest BCUT2D eigenvalue weighted by Gasteiger charge is -2.16. The standard InChI is InChI=1S/C15H17N7O5/c16-12-9-13(20-15(19-12)21-18-4-7-2-1-3-26-7)22(6-17-9)14-11(25)10(24)8(5-23)27-14/h1-4,6,8,10-11,14,23-25H,5H2,(H3,16,19,20,21)/b18-4+/t8-,10-,11-,14-/m1/s1. The van der Waals surface area contributed by atoms with Gasteiger partial charge in [0.1, 0.15) is 29.6 Å². The van der Waals surface area contributed by atoms with Gasteiger partial charge in [-0.05, 0) is 12.1 Å². The quantitative estimate of drug-likeness (QED) is 0.276. The monoisotopic (exact) mass is 375 g/mol. The Morgan fingerprint density at radius 3 is 2.89 bits per heavy atom. The van der Waals surface area contributed by atoms with Gasteiger partial charge in [-0.15, -0.1) is 0 Å². The number of fused-ring (bicyclic) bond motifs is 1. The van der Waals surface area contributed by atoms with E-state index >= 15 is 0 Å². The Morgan fingerprint density at radius 1 is 1.33 bits per heavy atom. The molecule has 12 nitrogen and oxygen atoms in total. The van der Waals surface area contributed by atoms with Crippen molar-refractivity contribution in [1.82, 2.24) is 19.5 Å². The number of nitrogens with one attached hydrogen (secondary N) is 1. The van der Waals surface area contributed by atoms with Gasteiger partial charge in [-0.3, -0.25) is 4.57 Å². The van der Waals surface area contributed by atoms with Crippen LogP contribution in [0.5, 0.6) is 0 Å². The molecule has 3 aromatic heterocycles. The van der Waals surface area contributed by atoms with Crippen molar-refractivity contribution < 1.29 is 24.5 Å². The predicted molar refractivity (Wildman–Crippen MR) is 92.7 cm³/mol. The fraction of sp³-hybridized carbons (Fsp3) is 0.333. The van der Waals surface area contributed by atoms with Crippen LogP contribution in [0.1, 0.15) is 12.0 Å². The molecule has 4 heterocycles. The predicted octanol–water partition coefficient (Wildman–Crippen LogP) is -0.941. The van der Waals surface area contributed by atoms with Crippen LogP contribution in [0, 0.1) is 0 Å². The number of ether oxygens (including phenoxy) is 1. The zero-order valence-corrected chi connectivity index (χ0v) is 13.9. The molecule has 0 unspecified atom stereocenters. The van der Waals surface area contributed by atoms with Crippen LogP contribution in [0.25, 0.3) is 11.2 Å². The molecule has 4 atom stereocenters. The average Bonchev–Trinajstić information content (AvgIpc) is 3.37. The number of hydrogen-bond donors (Lipinski definition) is 5. The number of nitrogens with zero attached hydrogens (tertiary/aromatic N) is 5. The Bertz CT molecular complexity index is 957. The number of furan rings is 1. The smallest absolute Gasteiger partial charge is 0.247 e. The van der Waals surface area contributed by atoms with E-state index in [0.29, 0.717) is 11.3 Å². The van der Waals surface area contributed by atoms with Crippen molar-refractivity contribution in [1.29, 1.82) is 0 Å². The number of nitrogen functional groups attached to an aromatic ring is 1. The molecule has 12 heteroatoms. The molecule has 0 bridgehead atoms. The fourth-order valence-corrected chi connectivity index (χ4v) is 2.80. The third kappa shape index (κ3) is 3.10. The van der Waals surface area contributed by atoms with Crippen molar-refractivity contribution in [2.24, 2.45) is 5.10 Å². The van der Waals surface area contributed by atoms with Crippen LogP contribution in [-0.2, 0) is 4.74 Å². The summed E-state index contributed by atoms with van der Waals surface area (Å²) in [7, 11) is 0. The van der Waals surface area contributed by atoms with Crippen molar-refractivity contribution in [3.05, 3.63) is 30.5 Å². The van der Waals surface area contributed by atoms with Gasteiger partial charge in [-0.1, -0.05) is 0 Å². The van der Waals surface area contributed by atoms with Crippen LogP contribution in [0.3, 0.4) is 0 Å². The van der Waals surface area contributed by atoms with Crippen molar-refractivity contribution >= 4 is 29.1 Å². The molecule has 27 heavy (non-hydrogen) atoms. The average molecular weight is 375 g/mol. The summed E-state index contributed by atoms with van der Waals surface area (Å²) in [6, 6.07) is 3.45. The van der Waals surface area contributed by atoms with E-state index in [1.165, 1.54) is 23.4 Å². The molecule has 6 N–H and O–H groups in total. The van der Waals surface area contributed by atoms with E-state index in [-0.39, 0.29) is 17.4 Å². The number of aliphatic hydroxyl groups is 3. The van der Waals surface area contributed by atoms with Crippen molar-refractivity contribution in [3.63, 3.8) is 0 Å². The van der Waals surface area contributed by atoms with Crippen molar-refractivity contribution in [2.45, 2.75) is 24.5 Å². The molecular weight excluding hydrogens is 358 g/mol. The first-order valence-electron chi connectivity index (χ1n) is 8.03. The van der Waals surface area contributed by atoms with Crippen LogP contribution in [-0.4, -0.2) is 66.0 Å². The van der Waals surface area contributed by atoms with Crippen LogP contribution in [0.15, 0.2) is 34.2 Å².